The molecule has 2 saturated heterocycles. The first-order valence-corrected chi connectivity index (χ1v) is 11.5. The average Bonchev–Trinajstić information content (AvgIpc) is 2.92. The molecule has 0 atom stereocenters. The maximum absolute atomic E-state index is 12.9. The lowest BCUT2D eigenvalue weighted by molar-refractivity contribution is 0.0764. The Morgan fingerprint density at radius 3 is 2.04 bits per heavy atom. The first-order valence-electron chi connectivity index (χ1n) is 9.31. The molecule has 0 saturated carbocycles. The summed E-state index contributed by atoms with van der Waals surface area (Å²) in [4.78, 5) is 14.5. The summed E-state index contributed by atoms with van der Waals surface area (Å²) < 4.78 is 28.9. The van der Waals surface area contributed by atoms with Gasteiger partial charge >= 0.3 is 0 Å². The van der Waals surface area contributed by atoms with Gasteiger partial charge in [0, 0.05) is 54.9 Å². The van der Waals surface area contributed by atoms with E-state index in [0.717, 1.165) is 24.8 Å². The van der Waals surface area contributed by atoms with Crippen LogP contribution in [0, 0.1) is 6.92 Å². The predicted molar refractivity (Wildman–Crippen MR) is 108 cm³/mol. The SMILES string of the molecule is Cc1c(Cl)cc(C(=O)N2CCCN(S(=O)(=O)N3CCCCC3)CC2)cc1Cl. The summed E-state index contributed by atoms with van der Waals surface area (Å²) >= 11 is 12.3. The van der Waals surface area contributed by atoms with Crippen LogP contribution in [0.15, 0.2) is 12.1 Å². The molecule has 6 nitrogen and oxygen atoms in total. The maximum Gasteiger partial charge on any atom is 0.282 e. The number of carbonyl (C=O) groups is 1. The minimum Gasteiger partial charge on any atom is -0.337 e. The van der Waals surface area contributed by atoms with Crippen molar-refractivity contribution in [1.29, 1.82) is 0 Å². The first kappa shape index (κ1) is 20.9. The monoisotopic (exact) mass is 433 g/mol. The number of amides is 1. The van der Waals surface area contributed by atoms with E-state index in [4.69, 9.17) is 23.2 Å². The zero-order valence-electron chi connectivity index (χ0n) is 15.5. The van der Waals surface area contributed by atoms with Gasteiger partial charge < -0.3 is 4.90 Å². The summed E-state index contributed by atoms with van der Waals surface area (Å²) in [5, 5.41) is 0.907. The standard InChI is InChI=1S/C18H25Cl2N3O3S/c1-14-16(19)12-15(13-17(14)20)18(24)21-6-5-9-23(11-10-21)27(25,26)22-7-3-2-4-8-22/h12-13H,2-11H2,1H3. The van der Waals surface area contributed by atoms with Crippen LogP contribution < -0.4 is 0 Å². The fraction of sp³-hybridized carbons (Fsp3) is 0.611. The van der Waals surface area contributed by atoms with Gasteiger partial charge in [0.25, 0.3) is 16.1 Å². The number of rotatable bonds is 3. The molecule has 0 aliphatic carbocycles. The van der Waals surface area contributed by atoms with E-state index >= 15 is 0 Å². The normalized spacial score (nSPS) is 20.5. The Labute approximate surface area is 171 Å². The van der Waals surface area contributed by atoms with Crippen molar-refractivity contribution < 1.29 is 13.2 Å². The Balaban J connectivity index is 1.70. The topological polar surface area (TPSA) is 60.9 Å². The van der Waals surface area contributed by atoms with Crippen LogP contribution in [0.2, 0.25) is 10.0 Å². The fourth-order valence-corrected chi connectivity index (χ4v) is 5.74. The highest BCUT2D eigenvalue weighted by molar-refractivity contribution is 7.86. The molecule has 2 aliphatic rings. The van der Waals surface area contributed by atoms with E-state index < -0.39 is 10.2 Å². The van der Waals surface area contributed by atoms with Crippen molar-refractivity contribution in [3.63, 3.8) is 0 Å². The molecule has 150 valence electrons. The van der Waals surface area contributed by atoms with Crippen molar-refractivity contribution in [3.8, 4) is 0 Å². The molecule has 3 rings (SSSR count). The summed E-state index contributed by atoms with van der Waals surface area (Å²) in [6, 6.07) is 3.25. The highest BCUT2D eigenvalue weighted by Gasteiger charge is 2.32. The van der Waals surface area contributed by atoms with Crippen LogP contribution in [0.25, 0.3) is 0 Å². The molecule has 2 heterocycles. The number of halogens is 2. The number of piperidine rings is 1. The molecule has 1 aromatic carbocycles. The lowest BCUT2D eigenvalue weighted by Crippen LogP contribution is -2.47. The van der Waals surface area contributed by atoms with Gasteiger partial charge in [-0.25, -0.2) is 0 Å². The lowest BCUT2D eigenvalue weighted by atomic mass is 10.1. The van der Waals surface area contributed by atoms with Gasteiger partial charge in [-0.1, -0.05) is 29.6 Å². The van der Waals surface area contributed by atoms with Gasteiger partial charge in [0.2, 0.25) is 0 Å². The number of hydrogen-bond acceptors (Lipinski definition) is 3. The van der Waals surface area contributed by atoms with Crippen molar-refractivity contribution in [2.45, 2.75) is 32.6 Å². The number of benzene rings is 1. The second-order valence-electron chi connectivity index (χ2n) is 7.08. The van der Waals surface area contributed by atoms with Gasteiger partial charge in [-0.15, -0.1) is 0 Å². The Morgan fingerprint density at radius 1 is 0.852 bits per heavy atom. The van der Waals surface area contributed by atoms with Gasteiger partial charge in [0.1, 0.15) is 0 Å². The van der Waals surface area contributed by atoms with Crippen molar-refractivity contribution >= 4 is 39.3 Å². The van der Waals surface area contributed by atoms with Gasteiger partial charge in [0.05, 0.1) is 0 Å². The molecule has 1 amide bonds. The molecule has 2 fully saturated rings. The van der Waals surface area contributed by atoms with Crippen LogP contribution in [-0.2, 0) is 10.2 Å². The molecular weight excluding hydrogens is 409 g/mol. The largest absolute Gasteiger partial charge is 0.337 e. The molecule has 2 aliphatic heterocycles. The summed E-state index contributed by atoms with van der Waals surface area (Å²) in [6.45, 7) is 4.57. The van der Waals surface area contributed by atoms with Crippen LogP contribution in [0.4, 0.5) is 0 Å². The number of hydrogen-bond donors (Lipinski definition) is 0. The molecule has 0 bridgehead atoms. The van der Waals surface area contributed by atoms with E-state index in [2.05, 4.69) is 0 Å². The highest BCUT2D eigenvalue weighted by atomic mass is 35.5. The summed E-state index contributed by atoms with van der Waals surface area (Å²) in [7, 11) is -3.45. The molecule has 0 N–H and O–H groups in total. The van der Waals surface area contributed by atoms with E-state index in [9.17, 15) is 13.2 Å². The molecular formula is C18H25Cl2N3O3S. The average molecular weight is 434 g/mol. The predicted octanol–water partition coefficient (Wildman–Crippen LogP) is 3.18. The van der Waals surface area contributed by atoms with E-state index in [1.165, 1.54) is 4.31 Å². The van der Waals surface area contributed by atoms with Crippen LogP contribution in [-0.4, -0.2) is 67.1 Å². The van der Waals surface area contributed by atoms with Gasteiger partial charge in [-0.3, -0.25) is 4.79 Å². The fourth-order valence-electron chi connectivity index (χ4n) is 3.54. The minimum atomic E-state index is -3.45. The minimum absolute atomic E-state index is 0.170. The van der Waals surface area contributed by atoms with Crippen LogP contribution >= 0.6 is 23.2 Å². The zero-order valence-corrected chi connectivity index (χ0v) is 17.8. The van der Waals surface area contributed by atoms with Crippen LogP contribution in [0.1, 0.15) is 41.6 Å². The van der Waals surface area contributed by atoms with Crippen LogP contribution in [0.3, 0.4) is 0 Å². The molecule has 0 spiro atoms. The third kappa shape index (κ3) is 4.59. The smallest absolute Gasteiger partial charge is 0.282 e. The maximum atomic E-state index is 12.9. The van der Waals surface area contributed by atoms with Crippen molar-refractivity contribution in [2.75, 3.05) is 39.3 Å². The quantitative estimate of drug-likeness (QED) is 0.734. The van der Waals surface area contributed by atoms with E-state index in [1.54, 1.807) is 28.3 Å². The van der Waals surface area contributed by atoms with Crippen molar-refractivity contribution in [3.05, 3.63) is 33.3 Å². The third-order valence-corrected chi connectivity index (χ3v) is 8.06. The summed E-state index contributed by atoms with van der Waals surface area (Å²) in [6.07, 6.45) is 3.50. The highest BCUT2D eigenvalue weighted by Crippen LogP contribution is 2.26. The number of carbonyl (C=O) groups excluding carboxylic acids is 1. The van der Waals surface area contributed by atoms with Gasteiger partial charge in [-0.2, -0.15) is 17.0 Å². The molecule has 0 aromatic heterocycles. The first-order chi connectivity index (χ1) is 12.8. The van der Waals surface area contributed by atoms with Crippen LogP contribution in [0.5, 0.6) is 0 Å². The molecule has 9 heteroatoms. The Hall–Kier alpha value is -0.860. The van der Waals surface area contributed by atoms with Gasteiger partial charge in [0.15, 0.2) is 0 Å². The molecule has 0 radical (unpaired) electrons. The second-order valence-corrected chi connectivity index (χ2v) is 9.82. The van der Waals surface area contributed by atoms with E-state index in [-0.39, 0.29) is 5.91 Å². The third-order valence-electron chi connectivity index (χ3n) is 5.24. The number of nitrogens with zero attached hydrogens (tertiary/aromatic N) is 3. The van der Waals surface area contributed by atoms with Crippen molar-refractivity contribution in [2.24, 2.45) is 0 Å². The molecule has 27 heavy (non-hydrogen) atoms. The molecule has 0 unspecified atom stereocenters. The van der Waals surface area contributed by atoms with E-state index in [1.807, 2.05) is 0 Å². The van der Waals surface area contributed by atoms with E-state index in [0.29, 0.717) is 61.3 Å². The summed E-state index contributed by atoms with van der Waals surface area (Å²) in [5.74, 6) is -0.170. The Kier molecular flexibility index (Phi) is 6.69. The summed E-state index contributed by atoms with van der Waals surface area (Å²) in [5.41, 5.74) is 1.17. The Morgan fingerprint density at radius 2 is 1.41 bits per heavy atom. The molecule has 1 aromatic rings. The van der Waals surface area contributed by atoms with Gasteiger partial charge in [-0.05, 0) is 43.9 Å². The Bertz CT molecular complexity index is 787. The second kappa shape index (κ2) is 8.66. The zero-order chi connectivity index (χ0) is 19.6. The van der Waals surface area contributed by atoms with Crippen molar-refractivity contribution in [1.82, 2.24) is 13.5 Å². The lowest BCUT2D eigenvalue weighted by Gasteiger charge is -2.31.